The van der Waals surface area contributed by atoms with Gasteiger partial charge >= 0.3 is 0 Å². The second-order valence-corrected chi connectivity index (χ2v) is 3.24. The first kappa shape index (κ1) is 9.44. The molecule has 0 radical (unpaired) electrons. The second-order valence-electron chi connectivity index (χ2n) is 2.16. The fourth-order valence-corrected chi connectivity index (χ4v) is 1.61. The summed E-state index contributed by atoms with van der Waals surface area (Å²) < 4.78 is 10.9. The van der Waals surface area contributed by atoms with Crippen LogP contribution >= 0.6 is 22.6 Å². The number of hydrogen-bond donors (Lipinski definition) is 1. The highest BCUT2D eigenvalue weighted by Gasteiger charge is 2.08. The summed E-state index contributed by atoms with van der Waals surface area (Å²) in [5.74, 6) is 1.38. The minimum Gasteiger partial charge on any atom is -0.508 e. The molecule has 1 aromatic rings. The van der Waals surface area contributed by atoms with Crippen molar-refractivity contribution in [2.45, 2.75) is 0 Å². The van der Waals surface area contributed by atoms with Crippen LogP contribution in [0.25, 0.3) is 0 Å². The Morgan fingerprint density at radius 1 is 1.17 bits per heavy atom. The Kier molecular flexibility index (Phi) is 3.02. The number of rotatable bonds is 2. The highest BCUT2D eigenvalue weighted by atomic mass is 127. The molecule has 1 N–H and O–H groups in total. The van der Waals surface area contributed by atoms with Gasteiger partial charge in [0.15, 0.2) is 0 Å². The van der Waals surface area contributed by atoms with Crippen LogP contribution in [-0.2, 0) is 0 Å². The molecular formula is C8H9IO3. The molecule has 1 rings (SSSR count). The van der Waals surface area contributed by atoms with Gasteiger partial charge in [-0.25, -0.2) is 0 Å². The van der Waals surface area contributed by atoms with Crippen molar-refractivity contribution in [3.63, 3.8) is 0 Å². The maximum absolute atomic E-state index is 9.22. The van der Waals surface area contributed by atoms with E-state index in [1.165, 1.54) is 0 Å². The molecule has 1 aromatic carbocycles. The fourth-order valence-electron chi connectivity index (χ4n) is 0.856. The van der Waals surface area contributed by atoms with Gasteiger partial charge in [0.1, 0.15) is 17.2 Å². The van der Waals surface area contributed by atoms with Crippen LogP contribution in [0.15, 0.2) is 12.1 Å². The molecule has 3 nitrogen and oxygen atoms in total. The molecule has 0 spiro atoms. The van der Waals surface area contributed by atoms with E-state index in [9.17, 15) is 5.11 Å². The summed E-state index contributed by atoms with van der Waals surface area (Å²) in [6.45, 7) is 0. The number of halogens is 1. The van der Waals surface area contributed by atoms with Crippen LogP contribution in [0.3, 0.4) is 0 Å². The molecular weight excluding hydrogens is 271 g/mol. The Hall–Kier alpha value is -0.650. The van der Waals surface area contributed by atoms with Gasteiger partial charge in [0.25, 0.3) is 0 Å². The zero-order valence-electron chi connectivity index (χ0n) is 6.80. The lowest BCUT2D eigenvalue weighted by Crippen LogP contribution is -1.91. The lowest BCUT2D eigenvalue weighted by Gasteiger charge is -2.08. The number of hydrogen-bond acceptors (Lipinski definition) is 3. The van der Waals surface area contributed by atoms with Gasteiger partial charge in [-0.2, -0.15) is 0 Å². The second kappa shape index (κ2) is 3.84. The van der Waals surface area contributed by atoms with Gasteiger partial charge in [-0.1, -0.05) is 0 Å². The van der Waals surface area contributed by atoms with Crippen molar-refractivity contribution in [3.05, 3.63) is 15.7 Å². The van der Waals surface area contributed by atoms with Gasteiger partial charge in [0.2, 0.25) is 0 Å². The molecule has 0 aliphatic rings. The van der Waals surface area contributed by atoms with Crippen LogP contribution in [0, 0.1) is 3.57 Å². The highest BCUT2D eigenvalue weighted by molar-refractivity contribution is 14.1. The van der Waals surface area contributed by atoms with Crippen LogP contribution in [0.2, 0.25) is 0 Å². The smallest absolute Gasteiger partial charge is 0.139 e. The molecule has 0 atom stereocenters. The third-order valence-corrected chi connectivity index (χ3v) is 2.49. The molecule has 0 heterocycles. The molecule has 0 aromatic heterocycles. The average Bonchev–Trinajstić information content (AvgIpc) is 2.08. The number of methoxy groups -OCH3 is 2. The summed E-state index contributed by atoms with van der Waals surface area (Å²) in [6, 6.07) is 3.09. The molecule has 0 bridgehead atoms. The number of benzene rings is 1. The number of ether oxygens (including phenoxy) is 2. The first-order valence-corrected chi connectivity index (χ1v) is 4.37. The maximum Gasteiger partial charge on any atom is 0.139 e. The molecule has 0 saturated heterocycles. The third kappa shape index (κ3) is 1.74. The molecule has 0 saturated carbocycles. The van der Waals surface area contributed by atoms with E-state index < -0.39 is 0 Å². The largest absolute Gasteiger partial charge is 0.508 e. The van der Waals surface area contributed by atoms with Gasteiger partial charge < -0.3 is 14.6 Å². The van der Waals surface area contributed by atoms with Gasteiger partial charge in [-0.3, -0.25) is 0 Å². The number of phenols is 1. The molecule has 0 fully saturated rings. The van der Waals surface area contributed by atoms with Crippen molar-refractivity contribution in [1.29, 1.82) is 0 Å². The van der Waals surface area contributed by atoms with Gasteiger partial charge in [-0.15, -0.1) is 0 Å². The predicted molar refractivity (Wildman–Crippen MR) is 53.9 cm³/mol. The van der Waals surface area contributed by atoms with Gasteiger partial charge in [-0.05, 0) is 22.6 Å². The molecule has 0 aliphatic heterocycles. The van der Waals surface area contributed by atoms with E-state index in [-0.39, 0.29) is 5.75 Å². The van der Waals surface area contributed by atoms with Crippen molar-refractivity contribution in [2.24, 2.45) is 0 Å². The molecule has 0 aliphatic carbocycles. The highest BCUT2D eigenvalue weighted by Crippen LogP contribution is 2.34. The van der Waals surface area contributed by atoms with E-state index in [4.69, 9.17) is 9.47 Å². The molecule has 0 unspecified atom stereocenters. The zero-order chi connectivity index (χ0) is 9.14. The van der Waals surface area contributed by atoms with Crippen molar-refractivity contribution in [2.75, 3.05) is 14.2 Å². The monoisotopic (exact) mass is 280 g/mol. The number of phenolic OH excluding ortho intramolecular Hbond substituents is 1. The zero-order valence-corrected chi connectivity index (χ0v) is 8.95. The summed E-state index contributed by atoms with van der Waals surface area (Å²) in [7, 11) is 3.10. The lowest BCUT2D eigenvalue weighted by atomic mass is 10.3. The van der Waals surface area contributed by atoms with E-state index in [0.717, 1.165) is 3.57 Å². The lowest BCUT2D eigenvalue weighted by molar-refractivity contribution is 0.380. The maximum atomic E-state index is 9.22. The van der Waals surface area contributed by atoms with E-state index in [1.807, 2.05) is 0 Å². The average molecular weight is 280 g/mol. The Morgan fingerprint density at radius 2 is 1.58 bits per heavy atom. The van der Waals surface area contributed by atoms with Crippen LogP contribution in [0.5, 0.6) is 17.2 Å². The first-order valence-electron chi connectivity index (χ1n) is 3.29. The Labute approximate surface area is 84.4 Å². The molecule has 12 heavy (non-hydrogen) atoms. The standard InChI is InChI=1S/C8H9IO3/c1-11-6-3-5(10)4-7(12-2)8(6)9/h3-4,10H,1-2H3. The van der Waals surface area contributed by atoms with E-state index in [0.29, 0.717) is 11.5 Å². The molecule has 66 valence electrons. The minimum atomic E-state index is 0.143. The summed E-state index contributed by atoms with van der Waals surface area (Å²) >= 11 is 2.10. The van der Waals surface area contributed by atoms with Crippen LogP contribution in [0.1, 0.15) is 0 Å². The van der Waals surface area contributed by atoms with Crippen molar-refractivity contribution >= 4 is 22.6 Å². The van der Waals surface area contributed by atoms with E-state index in [2.05, 4.69) is 22.6 Å². The van der Waals surface area contributed by atoms with Crippen molar-refractivity contribution < 1.29 is 14.6 Å². The van der Waals surface area contributed by atoms with E-state index >= 15 is 0 Å². The summed E-state index contributed by atoms with van der Waals surface area (Å²) in [4.78, 5) is 0. The van der Waals surface area contributed by atoms with Crippen molar-refractivity contribution in [1.82, 2.24) is 0 Å². The predicted octanol–water partition coefficient (Wildman–Crippen LogP) is 2.01. The first-order chi connectivity index (χ1) is 5.69. The summed E-state index contributed by atoms with van der Waals surface area (Å²) in [6.07, 6.45) is 0. The molecule has 4 heteroatoms. The van der Waals surface area contributed by atoms with E-state index in [1.54, 1.807) is 26.4 Å². The van der Waals surface area contributed by atoms with Gasteiger partial charge in [0.05, 0.1) is 17.8 Å². The van der Waals surface area contributed by atoms with Crippen LogP contribution in [0.4, 0.5) is 0 Å². The van der Waals surface area contributed by atoms with Crippen molar-refractivity contribution in [3.8, 4) is 17.2 Å². The topological polar surface area (TPSA) is 38.7 Å². The fraction of sp³-hybridized carbons (Fsp3) is 0.250. The third-order valence-electron chi connectivity index (χ3n) is 1.43. The SMILES string of the molecule is COc1cc(O)cc(OC)c1I. The quantitative estimate of drug-likeness (QED) is 0.842. The number of aromatic hydroxyl groups is 1. The summed E-state index contributed by atoms with van der Waals surface area (Å²) in [5.41, 5.74) is 0. The van der Waals surface area contributed by atoms with Gasteiger partial charge in [0, 0.05) is 12.1 Å². The van der Waals surface area contributed by atoms with Crippen LogP contribution < -0.4 is 9.47 Å². The Morgan fingerprint density at radius 3 is 1.92 bits per heavy atom. The summed E-state index contributed by atoms with van der Waals surface area (Å²) in [5, 5.41) is 9.22. The minimum absolute atomic E-state index is 0.143. The Bertz CT molecular complexity index is 261. The Balaban J connectivity index is 3.22. The molecule has 0 amide bonds. The normalized spacial score (nSPS) is 9.58. The van der Waals surface area contributed by atoms with Crippen LogP contribution in [-0.4, -0.2) is 19.3 Å².